The van der Waals surface area contributed by atoms with Gasteiger partial charge in [-0.15, -0.1) is 0 Å². The third-order valence-corrected chi connectivity index (χ3v) is 4.98. The number of halogens is 1. The Bertz CT molecular complexity index is 502. The van der Waals surface area contributed by atoms with Gasteiger partial charge in [-0.25, -0.2) is 8.42 Å². The van der Waals surface area contributed by atoms with Gasteiger partial charge >= 0.3 is 0 Å². The second-order valence-electron chi connectivity index (χ2n) is 5.19. The van der Waals surface area contributed by atoms with E-state index in [4.69, 9.17) is 0 Å². The largest absolute Gasteiger partial charge is 0.316 e. The summed E-state index contributed by atoms with van der Waals surface area (Å²) in [7, 11) is -2.87. The molecule has 1 aromatic rings. The number of hydrogen-bond donors (Lipinski definition) is 1. The fourth-order valence-electron chi connectivity index (χ4n) is 2.22. The highest BCUT2D eigenvalue weighted by Crippen LogP contribution is 2.28. The zero-order valence-electron chi connectivity index (χ0n) is 12.2. The summed E-state index contributed by atoms with van der Waals surface area (Å²) < 4.78 is 23.6. The van der Waals surface area contributed by atoms with Crippen LogP contribution in [0.4, 0.5) is 0 Å². The smallest absolute Gasteiger partial charge is 0.147 e. The van der Waals surface area contributed by atoms with E-state index >= 15 is 0 Å². The minimum absolute atomic E-state index is 0.266. The molecule has 0 aliphatic heterocycles. The maximum absolute atomic E-state index is 11.3. The third-order valence-electron chi connectivity index (χ3n) is 3.23. The van der Waals surface area contributed by atoms with Crippen LogP contribution in [0.5, 0.6) is 0 Å². The van der Waals surface area contributed by atoms with E-state index in [2.05, 4.69) is 34.2 Å². The summed E-state index contributed by atoms with van der Waals surface area (Å²) in [6, 6.07) is 8.19. The Labute approximate surface area is 131 Å². The van der Waals surface area contributed by atoms with Crippen molar-refractivity contribution in [1.29, 1.82) is 0 Å². The van der Waals surface area contributed by atoms with Gasteiger partial charge in [0.1, 0.15) is 9.84 Å². The molecule has 1 aromatic carbocycles. The summed E-state index contributed by atoms with van der Waals surface area (Å²) in [5, 5.41) is 3.44. The fraction of sp³-hybridized carbons (Fsp3) is 0.600. The lowest BCUT2D eigenvalue weighted by molar-refractivity contribution is 0.537. The van der Waals surface area contributed by atoms with Crippen molar-refractivity contribution in [1.82, 2.24) is 5.32 Å². The number of hydrogen-bond acceptors (Lipinski definition) is 3. The summed E-state index contributed by atoms with van der Waals surface area (Å²) in [4.78, 5) is 0. The first-order valence-electron chi connectivity index (χ1n) is 7.07. The van der Waals surface area contributed by atoms with Crippen LogP contribution in [0.25, 0.3) is 0 Å². The molecule has 20 heavy (non-hydrogen) atoms. The van der Waals surface area contributed by atoms with E-state index in [1.54, 1.807) is 0 Å². The molecule has 0 spiro atoms. The maximum Gasteiger partial charge on any atom is 0.147 e. The second kappa shape index (κ2) is 8.80. The van der Waals surface area contributed by atoms with E-state index in [0.717, 1.165) is 30.4 Å². The van der Waals surface area contributed by atoms with Crippen molar-refractivity contribution in [3.63, 3.8) is 0 Å². The van der Waals surface area contributed by atoms with Crippen LogP contribution in [0, 0.1) is 0 Å². The summed E-state index contributed by atoms with van der Waals surface area (Å²) in [5.41, 5.74) is 1.25. The molecule has 3 nitrogen and oxygen atoms in total. The van der Waals surface area contributed by atoms with Gasteiger partial charge in [-0.3, -0.25) is 0 Å². The molecule has 0 amide bonds. The molecule has 0 aliphatic carbocycles. The quantitative estimate of drug-likeness (QED) is 0.686. The molecule has 0 aliphatic rings. The van der Waals surface area contributed by atoms with Crippen LogP contribution in [-0.4, -0.2) is 33.5 Å². The SMILES string of the molecule is CCCNCC(CCCS(C)(=O)=O)c1ccccc1Br. The third kappa shape index (κ3) is 6.86. The van der Waals surface area contributed by atoms with Crippen molar-refractivity contribution < 1.29 is 8.42 Å². The lowest BCUT2D eigenvalue weighted by Gasteiger charge is -2.19. The van der Waals surface area contributed by atoms with E-state index < -0.39 is 9.84 Å². The van der Waals surface area contributed by atoms with Crippen LogP contribution in [0.1, 0.15) is 37.7 Å². The Kier molecular flexibility index (Phi) is 7.77. The van der Waals surface area contributed by atoms with Gasteiger partial charge in [0, 0.05) is 23.0 Å². The molecule has 0 radical (unpaired) electrons. The molecule has 1 unspecified atom stereocenters. The highest BCUT2D eigenvalue weighted by Gasteiger charge is 2.15. The fourth-order valence-corrected chi connectivity index (χ4v) is 3.52. The molecular weight excluding hydrogens is 338 g/mol. The van der Waals surface area contributed by atoms with Crippen molar-refractivity contribution >= 4 is 25.8 Å². The van der Waals surface area contributed by atoms with E-state index in [1.165, 1.54) is 11.8 Å². The lowest BCUT2D eigenvalue weighted by Crippen LogP contribution is -2.23. The summed E-state index contributed by atoms with van der Waals surface area (Å²) in [6.45, 7) is 4.03. The monoisotopic (exact) mass is 361 g/mol. The molecule has 0 heterocycles. The van der Waals surface area contributed by atoms with Crippen molar-refractivity contribution in [2.45, 2.75) is 32.1 Å². The predicted molar refractivity (Wildman–Crippen MR) is 89.0 cm³/mol. The van der Waals surface area contributed by atoms with Gasteiger partial charge in [-0.2, -0.15) is 0 Å². The van der Waals surface area contributed by atoms with Crippen LogP contribution in [-0.2, 0) is 9.84 Å². The van der Waals surface area contributed by atoms with Crippen LogP contribution < -0.4 is 5.32 Å². The summed E-state index contributed by atoms with van der Waals surface area (Å²) in [6.07, 6.45) is 3.99. The summed E-state index contributed by atoms with van der Waals surface area (Å²) >= 11 is 3.59. The molecule has 5 heteroatoms. The molecule has 114 valence electrons. The number of sulfone groups is 1. The Morgan fingerprint density at radius 3 is 2.60 bits per heavy atom. The molecule has 0 saturated carbocycles. The Morgan fingerprint density at radius 2 is 2.00 bits per heavy atom. The van der Waals surface area contributed by atoms with Gasteiger partial charge in [-0.1, -0.05) is 41.1 Å². The van der Waals surface area contributed by atoms with Crippen molar-refractivity contribution in [2.75, 3.05) is 25.1 Å². The second-order valence-corrected chi connectivity index (χ2v) is 8.31. The number of nitrogens with one attached hydrogen (secondary N) is 1. The number of rotatable bonds is 9. The van der Waals surface area contributed by atoms with Gasteiger partial charge in [0.15, 0.2) is 0 Å². The van der Waals surface area contributed by atoms with Crippen LogP contribution in [0.15, 0.2) is 28.7 Å². The van der Waals surface area contributed by atoms with Crippen molar-refractivity contribution in [2.24, 2.45) is 0 Å². The van der Waals surface area contributed by atoms with E-state index in [0.29, 0.717) is 12.3 Å². The van der Waals surface area contributed by atoms with E-state index in [1.807, 2.05) is 18.2 Å². The molecule has 1 atom stereocenters. The minimum atomic E-state index is -2.87. The number of benzene rings is 1. The summed E-state index contributed by atoms with van der Waals surface area (Å²) in [5.74, 6) is 0.612. The first-order valence-corrected chi connectivity index (χ1v) is 9.92. The van der Waals surface area contributed by atoms with Crippen LogP contribution in [0.3, 0.4) is 0 Å². The van der Waals surface area contributed by atoms with Crippen LogP contribution >= 0.6 is 15.9 Å². The van der Waals surface area contributed by atoms with E-state index in [-0.39, 0.29) is 5.75 Å². The minimum Gasteiger partial charge on any atom is -0.316 e. The Hall–Kier alpha value is -0.390. The van der Waals surface area contributed by atoms with E-state index in [9.17, 15) is 8.42 Å². The Balaban J connectivity index is 2.67. The van der Waals surface area contributed by atoms with Gasteiger partial charge in [0.2, 0.25) is 0 Å². The Morgan fingerprint density at radius 1 is 1.30 bits per heavy atom. The van der Waals surface area contributed by atoms with Gasteiger partial charge in [-0.05, 0) is 43.4 Å². The average molecular weight is 362 g/mol. The molecule has 1 N–H and O–H groups in total. The van der Waals surface area contributed by atoms with Gasteiger partial charge in [0.05, 0.1) is 0 Å². The lowest BCUT2D eigenvalue weighted by atomic mass is 9.94. The van der Waals surface area contributed by atoms with Gasteiger partial charge in [0.25, 0.3) is 0 Å². The highest BCUT2D eigenvalue weighted by atomic mass is 79.9. The standard InChI is InChI=1S/C15H24BrNO2S/c1-3-10-17-12-13(7-6-11-20(2,18)19)14-8-4-5-9-15(14)16/h4-5,8-9,13,17H,3,6-7,10-12H2,1-2H3. The first kappa shape index (κ1) is 17.7. The van der Waals surface area contributed by atoms with Crippen molar-refractivity contribution in [3.8, 4) is 0 Å². The molecular formula is C15H24BrNO2S. The average Bonchev–Trinajstić information content (AvgIpc) is 2.37. The molecule has 0 saturated heterocycles. The normalized spacial score (nSPS) is 13.3. The zero-order valence-corrected chi connectivity index (χ0v) is 14.6. The first-order chi connectivity index (χ1) is 9.44. The highest BCUT2D eigenvalue weighted by molar-refractivity contribution is 9.10. The molecule has 0 bridgehead atoms. The molecule has 1 rings (SSSR count). The predicted octanol–water partition coefficient (Wildman–Crippen LogP) is 3.36. The van der Waals surface area contributed by atoms with Crippen molar-refractivity contribution in [3.05, 3.63) is 34.3 Å². The van der Waals surface area contributed by atoms with Crippen LogP contribution in [0.2, 0.25) is 0 Å². The topological polar surface area (TPSA) is 46.2 Å². The maximum atomic E-state index is 11.3. The van der Waals surface area contributed by atoms with Gasteiger partial charge < -0.3 is 5.32 Å². The molecule has 0 aromatic heterocycles. The zero-order chi connectivity index (χ0) is 15.0. The molecule has 0 fully saturated rings.